The zero-order valence-electron chi connectivity index (χ0n) is 9.68. The quantitative estimate of drug-likeness (QED) is 0.775. The van der Waals surface area contributed by atoms with Crippen molar-refractivity contribution in [2.75, 3.05) is 5.32 Å². The number of halogens is 4. The number of carboxylic acids is 1. The Hall–Kier alpha value is -2.05. The lowest BCUT2D eigenvalue weighted by Gasteiger charge is -2.28. The average Bonchev–Trinajstić information content (AvgIpc) is 2.27. The zero-order valence-corrected chi connectivity index (χ0v) is 9.68. The van der Waals surface area contributed by atoms with Gasteiger partial charge in [-0.25, -0.2) is 9.18 Å². The molecule has 1 aliphatic heterocycles. The highest BCUT2D eigenvalue weighted by atomic mass is 19.4. The topological polar surface area (TPSA) is 49.3 Å². The number of nitrogens with one attached hydrogen (secondary N) is 1. The molecule has 3 nitrogen and oxygen atoms in total. The Bertz CT molecular complexity index is 578. The van der Waals surface area contributed by atoms with E-state index in [2.05, 4.69) is 0 Å². The monoisotopic (exact) mass is 275 g/mol. The van der Waals surface area contributed by atoms with Crippen molar-refractivity contribution in [3.8, 4) is 0 Å². The highest BCUT2D eigenvalue weighted by molar-refractivity contribution is 5.97. The smallest absolute Gasteiger partial charge is 0.413 e. The molecular formula is C12H9F4NO2. The van der Waals surface area contributed by atoms with Crippen LogP contribution in [0.25, 0.3) is 6.08 Å². The maximum absolute atomic E-state index is 13.3. The number of carbonyl (C=O) groups is 1. The van der Waals surface area contributed by atoms with Gasteiger partial charge in [0.05, 0.1) is 5.57 Å². The van der Waals surface area contributed by atoms with Crippen LogP contribution in [-0.4, -0.2) is 23.3 Å². The number of benzene rings is 1. The SMILES string of the molecule is Cc1cc2c(cc1F)NC(C(F)(F)F)C(C(=O)O)=C2. The summed E-state index contributed by atoms with van der Waals surface area (Å²) in [4.78, 5) is 10.9. The van der Waals surface area contributed by atoms with Gasteiger partial charge in [0.15, 0.2) is 6.04 Å². The van der Waals surface area contributed by atoms with E-state index in [9.17, 15) is 22.4 Å². The van der Waals surface area contributed by atoms with Crippen LogP contribution in [0, 0.1) is 12.7 Å². The minimum absolute atomic E-state index is 0.0737. The summed E-state index contributed by atoms with van der Waals surface area (Å²) in [5.74, 6) is -2.32. The Morgan fingerprint density at radius 2 is 2.00 bits per heavy atom. The van der Waals surface area contributed by atoms with Gasteiger partial charge in [-0.3, -0.25) is 0 Å². The van der Waals surface area contributed by atoms with Crippen molar-refractivity contribution in [1.29, 1.82) is 0 Å². The van der Waals surface area contributed by atoms with Crippen molar-refractivity contribution >= 4 is 17.7 Å². The number of anilines is 1. The Kier molecular flexibility index (Phi) is 3.00. The van der Waals surface area contributed by atoms with Crippen LogP contribution in [0.15, 0.2) is 17.7 Å². The molecule has 0 fully saturated rings. The van der Waals surface area contributed by atoms with E-state index in [0.717, 1.165) is 12.1 Å². The molecule has 1 unspecified atom stereocenters. The first-order valence-electron chi connectivity index (χ1n) is 5.28. The lowest BCUT2D eigenvalue weighted by atomic mass is 9.96. The molecule has 1 aromatic rings. The van der Waals surface area contributed by atoms with Crippen LogP contribution in [0.2, 0.25) is 0 Å². The van der Waals surface area contributed by atoms with Gasteiger partial charge in [0.2, 0.25) is 0 Å². The number of aliphatic carboxylic acids is 1. The van der Waals surface area contributed by atoms with Gasteiger partial charge in [-0.1, -0.05) is 0 Å². The van der Waals surface area contributed by atoms with Gasteiger partial charge >= 0.3 is 12.1 Å². The summed E-state index contributed by atoms with van der Waals surface area (Å²) in [6, 6.07) is -0.120. The molecule has 0 aliphatic carbocycles. The number of aryl methyl sites for hydroxylation is 1. The molecule has 0 spiro atoms. The predicted octanol–water partition coefficient (Wildman–Crippen LogP) is 2.96. The van der Waals surface area contributed by atoms with E-state index in [1.54, 1.807) is 0 Å². The van der Waals surface area contributed by atoms with E-state index in [4.69, 9.17) is 5.11 Å². The highest BCUT2D eigenvalue weighted by Gasteiger charge is 2.46. The lowest BCUT2D eigenvalue weighted by Crippen LogP contribution is -2.42. The van der Waals surface area contributed by atoms with Gasteiger partial charge in [0.1, 0.15) is 5.82 Å². The van der Waals surface area contributed by atoms with Crippen molar-refractivity contribution in [3.05, 3.63) is 34.6 Å². The van der Waals surface area contributed by atoms with E-state index in [1.165, 1.54) is 13.0 Å². The molecule has 0 saturated carbocycles. The number of alkyl halides is 3. The summed E-state index contributed by atoms with van der Waals surface area (Å²) in [6.45, 7) is 1.44. The van der Waals surface area contributed by atoms with Gasteiger partial charge in [-0.2, -0.15) is 13.2 Å². The van der Waals surface area contributed by atoms with Gasteiger partial charge in [0, 0.05) is 5.69 Å². The van der Waals surface area contributed by atoms with E-state index < -0.39 is 29.6 Å². The summed E-state index contributed by atoms with van der Waals surface area (Å²) in [5, 5.41) is 10.9. The first kappa shape index (κ1) is 13.4. The second-order valence-electron chi connectivity index (χ2n) is 4.21. The average molecular weight is 275 g/mol. The molecule has 2 rings (SSSR count). The number of carboxylic acid groups (broad SMARTS) is 1. The van der Waals surface area contributed by atoms with Gasteiger partial charge in [-0.05, 0) is 36.3 Å². The highest BCUT2D eigenvalue weighted by Crippen LogP contribution is 2.36. The molecule has 1 aliphatic rings. The molecule has 0 aromatic heterocycles. The maximum atomic E-state index is 13.3. The minimum atomic E-state index is -4.77. The second kappa shape index (κ2) is 4.25. The molecule has 2 N–H and O–H groups in total. The molecule has 7 heteroatoms. The number of hydrogen-bond acceptors (Lipinski definition) is 2. The second-order valence-corrected chi connectivity index (χ2v) is 4.21. The van der Waals surface area contributed by atoms with Gasteiger partial charge in [-0.15, -0.1) is 0 Å². The Morgan fingerprint density at radius 1 is 1.37 bits per heavy atom. The van der Waals surface area contributed by atoms with Gasteiger partial charge in [0.25, 0.3) is 0 Å². The molecule has 0 radical (unpaired) electrons. The molecule has 1 aromatic carbocycles. The molecule has 19 heavy (non-hydrogen) atoms. The van der Waals surface area contributed by atoms with Gasteiger partial charge < -0.3 is 10.4 Å². The molecule has 1 heterocycles. The van der Waals surface area contributed by atoms with Crippen molar-refractivity contribution in [1.82, 2.24) is 0 Å². The summed E-state index contributed by atoms with van der Waals surface area (Å²) >= 11 is 0. The van der Waals surface area contributed by atoms with Crippen LogP contribution in [0.4, 0.5) is 23.2 Å². The Balaban J connectivity index is 2.57. The predicted molar refractivity (Wildman–Crippen MR) is 60.2 cm³/mol. The first-order valence-corrected chi connectivity index (χ1v) is 5.28. The fraction of sp³-hybridized carbons (Fsp3) is 0.250. The molecule has 0 bridgehead atoms. The largest absolute Gasteiger partial charge is 0.478 e. The standard InChI is InChI=1S/C12H9F4NO2/c1-5-2-6-3-7(11(18)19)10(12(14,15)16)17-9(6)4-8(5)13/h2-4,10,17H,1H3,(H,18,19). The summed E-state index contributed by atoms with van der Waals surface area (Å²) in [5.41, 5.74) is -0.440. The van der Waals surface area contributed by atoms with E-state index in [0.29, 0.717) is 0 Å². The molecular weight excluding hydrogens is 266 g/mol. The molecule has 1 atom stereocenters. The lowest BCUT2D eigenvalue weighted by molar-refractivity contribution is -0.146. The van der Waals surface area contributed by atoms with Crippen LogP contribution in [0.5, 0.6) is 0 Å². The molecule has 0 amide bonds. The Labute approximate surface area is 105 Å². The normalized spacial score (nSPS) is 18.4. The third-order valence-corrected chi connectivity index (χ3v) is 2.83. The maximum Gasteiger partial charge on any atom is 0.413 e. The molecule has 0 saturated heterocycles. The summed E-state index contributed by atoms with van der Waals surface area (Å²) < 4.78 is 51.6. The fourth-order valence-electron chi connectivity index (χ4n) is 1.88. The van der Waals surface area contributed by atoms with Crippen LogP contribution in [-0.2, 0) is 4.79 Å². The van der Waals surface area contributed by atoms with E-state index in [1.807, 2.05) is 5.32 Å². The van der Waals surface area contributed by atoms with Crippen molar-refractivity contribution in [2.45, 2.75) is 19.1 Å². The number of hydrogen-bond donors (Lipinski definition) is 2. The minimum Gasteiger partial charge on any atom is -0.478 e. The first-order chi connectivity index (χ1) is 8.70. The number of fused-ring (bicyclic) bond motifs is 1. The van der Waals surface area contributed by atoms with Crippen molar-refractivity contribution in [2.24, 2.45) is 0 Å². The molecule has 102 valence electrons. The Morgan fingerprint density at radius 3 is 2.53 bits per heavy atom. The fourth-order valence-corrected chi connectivity index (χ4v) is 1.88. The summed E-state index contributed by atoms with van der Waals surface area (Å²) in [6.07, 6.45) is -3.86. The van der Waals surface area contributed by atoms with Crippen molar-refractivity contribution in [3.63, 3.8) is 0 Å². The van der Waals surface area contributed by atoms with Crippen LogP contribution in [0.1, 0.15) is 11.1 Å². The van der Waals surface area contributed by atoms with E-state index in [-0.39, 0.29) is 16.8 Å². The number of rotatable bonds is 1. The third-order valence-electron chi connectivity index (χ3n) is 2.83. The van der Waals surface area contributed by atoms with Crippen LogP contribution in [0.3, 0.4) is 0 Å². The van der Waals surface area contributed by atoms with Crippen molar-refractivity contribution < 1.29 is 27.5 Å². The zero-order chi connectivity index (χ0) is 14.4. The van der Waals surface area contributed by atoms with Crippen LogP contribution >= 0.6 is 0 Å². The van der Waals surface area contributed by atoms with Crippen LogP contribution < -0.4 is 5.32 Å². The van der Waals surface area contributed by atoms with E-state index >= 15 is 0 Å². The third kappa shape index (κ3) is 2.40. The summed E-state index contributed by atoms with van der Waals surface area (Å²) in [7, 11) is 0.